The van der Waals surface area contributed by atoms with Gasteiger partial charge in [0, 0.05) is 10.8 Å². The van der Waals surface area contributed by atoms with Crippen LogP contribution >= 0.6 is 23.4 Å². The molecule has 0 spiro atoms. The summed E-state index contributed by atoms with van der Waals surface area (Å²) in [6, 6.07) is 7.46. The van der Waals surface area contributed by atoms with E-state index in [-0.39, 0.29) is 18.6 Å². The van der Waals surface area contributed by atoms with Gasteiger partial charge in [-0.25, -0.2) is 0 Å². The molecule has 1 rings (SSSR count). The number of benzene rings is 1. The Bertz CT molecular complexity index is 366. The second-order valence-corrected chi connectivity index (χ2v) is 5.40. The van der Waals surface area contributed by atoms with Crippen LogP contribution in [0.15, 0.2) is 24.3 Å². The van der Waals surface area contributed by atoms with Crippen molar-refractivity contribution in [2.75, 3.05) is 12.4 Å². The van der Waals surface area contributed by atoms with E-state index in [1.807, 2.05) is 31.2 Å². The van der Waals surface area contributed by atoms with Gasteiger partial charge < -0.3 is 10.4 Å². The van der Waals surface area contributed by atoms with E-state index in [2.05, 4.69) is 5.32 Å². The van der Waals surface area contributed by atoms with Crippen molar-refractivity contribution in [3.63, 3.8) is 0 Å². The van der Waals surface area contributed by atoms with Crippen LogP contribution in [0.4, 0.5) is 0 Å². The predicted molar refractivity (Wildman–Crippen MR) is 76.9 cm³/mol. The van der Waals surface area contributed by atoms with Crippen LogP contribution in [-0.4, -0.2) is 29.4 Å². The standard InChI is InChI=1S/C13H18ClNO2S/c1-2-12(7-16)15-13(17)9-18-8-10-3-5-11(14)6-4-10/h3-6,12,16H,2,7-9H2,1H3,(H,15,17)/t12-/m1/s1. The maximum atomic E-state index is 11.6. The summed E-state index contributed by atoms with van der Waals surface area (Å²) in [5, 5.41) is 12.5. The summed E-state index contributed by atoms with van der Waals surface area (Å²) in [5.74, 6) is 1.15. The zero-order valence-corrected chi connectivity index (χ0v) is 11.9. The third-order valence-electron chi connectivity index (χ3n) is 2.49. The van der Waals surface area contributed by atoms with E-state index in [1.165, 1.54) is 0 Å². The predicted octanol–water partition coefficient (Wildman–Crippen LogP) is 2.46. The van der Waals surface area contributed by atoms with E-state index < -0.39 is 0 Å². The Morgan fingerprint density at radius 2 is 2.11 bits per heavy atom. The summed E-state index contributed by atoms with van der Waals surface area (Å²) in [7, 11) is 0. The number of hydrogen-bond acceptors (Lipinski definition) is 3. The highest BCUT2D eigenvalue weighted by molar-refractivity contribution is 7.99. The van der Waals surface area contributed by atoms with Gasteiger partial charge in [0.25, 0.3) is 0 Å². The van der Waals surface area contributed by atoms with Crippen molar-refractivity contribution in [1.82, 2.24) is 5.32 Å². The maximum absolute atomic E-state index is 11.6. The van der Waals surface area contributed by atoms with Gasteiger partial charge in [-0.1, -0.05) is 30.7 Å². The minimum atomic E-state index is -0.131. The highest BCUT2D eigenvalue weighted by Gasteiger charge is 2.08. The lowest BCUT2D eigenvalue weighted by Gasteiger charge is -2.13. The molecule has 18 heavy (non-hydrogen) atoms. The van der Waals surface area contributed by atoms with Crippen LogP contribution < -0.4 is 5.32 Å². The van der Waals surface area contributed by atoms with E-state index in [9.17, 15) is 4.79 Å². The number of carbonyl (C=O) groups excluding carboxylic acids is 1. The molecular formula is C13H18ClNO2S. The van der Waals surface area contributed by atoms with E-state index in [1.54, 1.807) is 11.8 Å². The zero-order valence-electron chi connectivity index (χ0n) is 10.4. The van der Waals surface area contributed by atoms with Crippen molar-refractivity contribution < 1.29 is 9.90 Å². The Balaban J connectivity index is 2.25. The molecule has 0 unspecified atom stereocenters. The Labute approximate surface area is 117 Å². The molecule has 0 aliphatic carbocycles. The number of nitrogens with one attached hydrogen (secondary N) is 1. The summed E-state index contributed by atoms with van der Waals surface area (Å²) in [5.41, 5.74) is 1.14. The smallest absolute Gasteiger partial charge is 0.230 e. The number of aliphatic hydroxyl groups is 1. The number of hydrogen-bond donors (Lipinski definition) is 2. The molecule has 1 amide bonds. The molecule has 0 aromatic heterocycles. The van der Waals surface area contributed by atoms with Gasteiger partial charge in [-0.05, 0) is 24.1 Å². The highest BCUT2D eigenvalue weighted by atomic mass is 35.5. The summed E-state index contributed by atoms with van der Waals surface area (Å²) in [4.78, 5) is 11.6. The van der Waals surface area contributed by atoms with Crippen molar-refractivity contribution >= 4 is 29.3 Å². The van der Waals surface area contributed by atoms with Gasteiger partial charge in [0.05, 0.1) is 18.4 Å². The number of rotatable bonds is 7. The molecule has 0 bridgehead atoms. The Kier molecular flexibility index (Phi) is 7.16. The Hall–Kier alpha value is -0.710. The van der Waals surface area contributed by atoms with Gasteiger partial charge in [0.1, 0.15) is 0 Å². The molecule has 3 nitrogen and oxygen atoms in total. The molecule has 0 fully saturated rings. The lowest BCUT2D eigenvalue weighted by atomic mass is 10.2. The molecule has 0 aliphatic rings. The zero-order chi connectivity index (χ0) is 13.4. The second-order valence-electron chi connectivity index (χ2n) is 3.97. The van der Waals surface area contributed by atoms with Crippen LogP contribution in [-0.2, 0) is 10.5 Å². The minimum absolute atomic E-state index is 0.00983. The Morgan fingerprint density at radius 3 is 2.67 bits per heavy atom. The van der Waals surface area contributed by atoms with E-state index in [4.69, 9.17) is 16.7 Å². The van der Waals surface area contributed by atoms with Gasteiger partial charge >= 0.3 is 0 Å². The molecule has 1 atom stereocenters. The molecule has 0 aliphatic heterocycles. The quantitative estimate of drug-likeness (QED) is 0.810. The van der Waals surface area contributed by atoms with Crippen LogP contribution in [0.1, 0.15) is 18.9 Å². The largest absolute Gasteiger partial charge is 0.394 e. The van der Waals surface area contributed by atoms with Gasteiger partial charge in [-0.2, -0.15) is 0 Å². The number of thioether (sulfide) groups is 1. The molecule has 0 radical (unpaired) electrons. The lowest BCUT2D eigenvalue weighted by Crippen LogP contribution is -2.37. The third-order valence-corrected chi connectivity index (χ3v) is 3.75. The van der Waals surface area contributed by atoms with Crippen molar-refractivity contribution in [3.05, 3.63) is 34.9 Å². The fourth-order valence-corrected chi connectivity index (χ4v) is 2.31. The summed E-state index contributed by atoms with van der Waals surface area (Å²) < 4.78 is 0. The van der Waals surface area contributed by atoms with E-state index in [0.717, 1.165) is 22.8 Å². The van der Waals surface area contributed by atoms with Crippen molar-refractivity contribution in [2.24, 2.45) is 0 Å². The fraction of sp³-hybridized carbons (Fsp3) is 0.462. The molecular weight excluding hydrogens is 270 g/mol. The van der Waals surface area contributed by atoms with Crippen LogP contribution in [0.2, 0.25) is 5.02 Å². The summed E-state index contributed by atoms with van der Waals surface area (Å²) in [6.07, 6.45) is 0.740. The first-order valence-electron chi connectivity index (χ1n) is 5.88. The maximum Gasteiger partial charge on any atom is 0.230 e. The first-order valence-corrected chi connectivity index (χ1v) is 7.41. The lowest BCUT2D eigenvalue weighted by molar-refractivity contribution is -0.119. The molecule has 1 aromatic carbocycles. The average Bonchev–Trinajstić information content (AvgIpc) is 2.38. The first-order chi connectivity index (χ1) is 8.65. The first kappa shape index (κ1) is 15.3. The molecule has 100 valence electrons. The molecule has 0 heterocycles. The molecule has 0 saturated heterocycles. The minimum Gasteiger partial charge on any atom is -0.394 e. The van der Waals surface area contributed by atoms with E-state index in [0.29, 0.717) is 5.75 Å². The van der Waals surface area contributed by atoms with Gasteiger partial charge in [-0.15, -0.1) is 11.8 Å². The van der Waals surface area contributed by atoms with Crippen molar-refractivity contribution in [1.29, 1.82) is 0 Å². The highest BCUT2D eigenvalue weighted by Crippen LogP contribution is 2.15. The van der Waals surface area contributed by atoms with Crippen LogP contribution in [0, 0.1) is 0 Å². The molecule has 0 saturated carbocycles. The SMILES string of the molecule is CC[C@H](CO)NC(=O)CSCc1ccc(Cl)cc1. The van der Waals surface area contributed by atoms with Crippen LogP contribution in [0.5, 0.6) is 0 Å². The molecule has 1 aromatic rings. The summed E-state index contributed by atoms with van der Waals surface area (Å²) in [6.45, 7) is 1.92. The number of halogens is 1. The van der Waals surface area contributed by atoms with Crippen molar-refractivity contribution in [2.45, 2.75) is 25.1 Å². The normalized spacial score (nSPS) is 12.2. The second kappa shape index (κ2) is 8.40. The summed E-state index contributed by atoms with van der Waals surface area (Å²) >= 11 is 7.34. The molecule has 5 heteroatoms. The third kappa shape index (κ3) is 5.76. The van der Waals surface area contributed by atoms with Gasteiger partial charge in [-0.3, -0.25) is 4.79 Å². The number of amides is 1. The Morgan fingerprint density at radius 1 is 1.44 bits per heavy atom. The monoisotopic (exact) mass is 287 g/mol. The van der Waals surface area contributed by atoms with E-state index >= 15 is 0 Å². The fourth-order valence-electron chi connectivity index (χ4n) is 1.39. The average molecular weight is 288 g/mol. The van der Waals surface area contributed by atoms with Crippen molar-refractivity contribution in [3.8, 4) is 0 Å². The van der Waals surface area contributed by atoms with Crippen LogP contribution in [0.25, 0.3) is 0 Å². The topological polar surface area (TPSA) is 49.3 Å². The number of aliphatic hydroxyl groups excluding tert-OH is 1. The van der Waals surface area contributed by atoms with Crippen LogP contribution in [0.3, 0.4) is 0 Å². The van der Waals surface area contributed by atoms with Gasteiger partial charge in [0.2, 0.25) is 5.91 Å². The number of carbonyl (C=O) groups is 1. The molecule has 2 N–H and O–H groups in total. The van der Waals surface area contributed by atoms with Gasteiger partial charge in [0.15, 0.2) is 0 Å².